The van der Waals surface area contributed by atoms with Gasteiger partial charge in [-0.15, -0.1) is 0 Å². The van der Waals surface area contributed by atoms with Gasteiger partial charge in [0.1, 0.15) is 16.7 Å². The molecule has 0 aromatic heterocycles. The molecule has 0 radical (unpaired) electrons. The average Bonchev–Trinajstić information content (AvgIpc) is 2.27. The van der Waals surface area contributed by atoms with Crippen LogP contribution in [0.15, 0.2) is 34.8 Å². The van der Waals surface area contributed by atoms with Crippen molar-refractivity contribution >= 4 is 40.6 Å². The molecule has 0 amide bonds. The minimum Gasteiger partial charge on any atom is -0.426 e. The molecular weight excluding hydrogens is 297 g/mol. The van der Waals surface area contributed by atoms with Crippen LogP contribution in [0.5, 0.6) is 5.75 Å². The Morgan fingerprint density at radius 2 is 2.05 bits per heavy atom. The van der Waals surface area contributed by atoms with E-state index >= 15 is 0 Å². The van der Waals surface area contributed by atoms with Crippen LogP contribution in [0.25, 0.3) is 0 Å². The van der Waals surface area contributed by atoms with E-state index in [0.29, 0.717) is 0 Å². The van der Waals surface area contributed by atoms with Gasteiger partial charge in [0.15, 0.2) is 5.78 Å². The molecule has 100 valence electrons. The summed E-state index contributed by atoms with van der Waals surface area (Å²) < 4.78 is 4.51. The Morgan fingerprint density at radius 1 is 1.37 bits per heavy atom. The maximum atomic E-state index is 11.4. The highest BCUT2D eigenvalue weighted by Gasteiger charge is 2.12. The van der Waals surface area contributed by atoms with Crippen molar-refractivity contribution < 1.29 is 19.2 Å². The molecule has 0 heterocycles. The monoisotopic (exact) mass is 303 g/mol. The minimum atomic E-state index is -0.865. The number of allylic oxidation sites excluding steroid dienone is 1. The van der Waals surface area contributed by atoms with Gasteiger partial charge in [0, 0.05) is 12.1 Å². The second-order valence-corrected chi connectivity index (χ2v) is 4.31. The summed E-state index contributed by atoms with van der Waals surface area (Å²) in [5.74, 6) is -1.51. The molecule has 0 N–H and O–H groups in total. The molecule has 8 heteroatoms. The Labute approximate surface area is 117 Å². The Morgan fingerprint density at radius 3 is 2.63 bits per heavy atom. The van der Waals surface area contributed by atoms with E-state index in [1.807, 2.05) is 0 Å². The van der Waals surface area contributed by atoms with Gasteiger partial charge < -0.3 is 4.74 Å². The van der Waals surface area contributed by atoms with E-state index in [1.165, 1.54) is 18.2 Å². The lowest BCUT2D eigenvalue weighted by atomic mass is 10.3. The molecular formula is C11H7Cl2NO5. The third kappa shape index (κ3) is 5.50. The summed E-state index contributed by atoms with van der Waals surface area (Å²) in [4.78, 5) is 32.4. The molecule has 0 spiro atoms. The van der Waals surface area contributed by atoms with E-state index in [9.17, 15) is 19.7 Å². The van der Waals surface area contributed by atoms with Gasteiger partial charge in [-0.05, 0) is 6.07 Å². The summed E-state index contributed by atoms with van der Waals surface area (Å²) in [7, 11) is 0. The van der Waals surface area contributed by atoms with E-state index in [-0.39, 0.29) is 15.9 Å². The molecule has 0 fully saturated rings. The fraction of sp³-hybridized carbons (Fsp3) is 0.0909. The second kappa shape index (κ2) is 6.86. The number of nitro benzene ring substituents is 1. The van der Waals surface area contributed by atoms with Gasteiger partial charge in [-0.2, -0.15) is 0 Å². The van der Waals surface area contributed by atoms with Gasteiger partial charge in [-0.25, -0.2) is 0 Å². The fourth-order valence-corrected chi connectivity index (χ4v) is 1.39. The van der Waals surface area contributed by atoms with Crippen LogP contribution in [-0.2, 0) is 9.59 Å². The van der Waals surface area contributed by atoms with Crippen molar-refractivity contribution in [2.75, 3.05) is 0 Å². The van der Waals surface area contributed by atoms with Crippen LogP contribution in [0.4, 0.5) is 5.69 Å². The Bertz CT molecular complexity index is 552. The quantitative estimate of drug-likeness (QED) is 0.208. The number of ether oxygens (including phenoxy) is 1. The number of hydrogen-bond donors (Lipinski definition) is 0. The average molecular weight is 304 g/mol. The van der Waals surface area contributed by atoms with E-state index in [0.717, 1.165) is 12.1 Å². The highest BCUT2D eigenvalue weighted by Crippen LogP contribution is 2.19. The van der Waals surface area contributed by atoms with Gasteiger partial charge in [-0.3, -0.25) is 19.7 Å². The zero-order valence-electron chi connectivity index (χ0n) is 9.34. The number of rotatable bonds is 5. The minimum absolute atomic E-state index is 0.0204. The van der Waals surface area contributed by atoms with E-state index in [2.05, 4.69) is 0 Å². The number of nitrogens with zero attached hydrogens (tertiary/aromatic N) is 1. The Hall–Kier alpha value is -1.92. The number of halogens is 2. The number of carbonyl (C=O) groups is 2. The van der Waals surface area contributed by atoms with Gasteiger partial charge in [0.05, 0.1) is 11.0 Å². The number of carbonyl (C=O) groups excluding carboxylic acids is 2. The molecule has 6 nitrogen and oxygen atoms in total. The SMILES string of the molecule is O=C(C=C(Cl)Cl)CC(=O)Oc1cccc([N+](=O)[O-])c1. The van der Waals surface area contributed by atoms with Crippen molar-refractivity contribution in [1.29, 1.82) is 0 Å². The third-order valence-electron chi connectivity index (χ3n) is 1.85. The molecule has 0 aliphatic heterocycles. The molecule has 0 atom stereocenters. The van der Waals surface area contributed by atoms with Crippen molar-refractivity contribution in [3.8, 4) is 5.75 Å². The number of hydrogen-bond acceptors (Lipinski definition) is 5. The van der Waals surface area contributed by atoms with Crippen LogP contribution < -0.4 is 4.74 Å². The molecule has 0 saturated heterocycles. The first kappa shape index (κ1) is 15.1. The van der Waals surface area contributed by atoms with Gasteiger partial charge in [-0.1, -0.05) is 29.3 Å². The summed E-state index contributed by atoms with van der Waals surface area (Å²) in [6.07, 6.45) is 0.309. The van der Waals surface area contributed by atoms with Crippen molar-refractivity contribution in [3.05, 3.63) is 44.9 Å². The molecule has 0 bridgehead atoms. The van der Waals surface area contributed by atoms with Crippen LogP contribution in [0, 0.1) is 10.1 Å². The number of benzene rings is 1. The molecule has 0 aliphatic carbocycles. The lowest BCUT2D eigenvalue weighted by Crippen LogP contribution is -2.12. The fourth-order valence-electron chi connectivity index (χ4n) is 1.14. The van der Waals surface area contributed by atoms with E-state index < -0.39 is 23.1 Å². The van der Waals surface area contributed by atoms with Crippen LogP contribution in [0.3, 0.4) is 0 Å². The summed E-state index contributed by atoms with van der Waals surface area (Å²) in [6.45, 7) is 0. The van der Waals surface area contributed by atoms with Crippen molar-refractivity contribution in [2.45, 2.75) is 6.42 Å². The predicted octanol–water partition coefficient (Wildman–Crippen LogP) is 2.78. The summed E-state index contributed by atoms with van der Waals surface area (Å²) >= 11 is 10.5. The molecule has 0 unspecified atom stereocenters. The number of non-ortho nitro benzene ring substituents is 1. The lowest BCUT2D eigenvalue weighted by Gasteiger charge is -2.02. The maximum Gasteiger partial charge on any atom is 0.319 e. The highest BCUT2D eigenvalue weighted by molar-refractivity contribution is 6.56. The molecule has 1 aromatic carbocycles. The first-order valence-electron chi connectivity index (χ1n) is 4.89. The summed E-state index contributed by atoms with van der Waals surface area (Å²) in [5.41, 5.74) is -0.222. The normalized spacial score (nSPS) is 9.58. The Kier molecular flexibility index (Phi) is 5.47. The summed E-state index contributed by atoms with van der Waals surface area (Å²) in [6, 6.07) is 5.04. The van der Waals surface area contributed by atoms with Crippen LogP contribution in [-0.4, -0.2) is 16.7 Å². The zero-order chi connectivity index (χ0) is 14.4. The van der Waals surface area contributed by atoms with Gasteiger partial charge in [0.25, 0.3) is 5.69 Å². The molecule has 1 rings (SSSR count). The first-order valence-corrected chi connectivity index (χ1v) is 5.64. The Balaban J connectivity index is 2.67. The van der Waals surface area contributed by atoms with E-state index in [4.69, 9.17) is 27.9 Å². The largest absolute Gasteiger partial charge is 0.426 e. The summed E-state index contributed by atoms with van der Waals surface area (Å²) in [5, 5.41) is 10.5. The number of nitro groups is 1. The molecule has 1 aromatic rings. The molecule has 19 heavy (non-hydrogen) atoms. The maximum absolute atomic E-state index is 11.4. The van der Waals surface area contributed by atoms with E-state index in [1.54, 1.807) is 0 Å². The number of esters is 1. The number of ketones is 1. The smallest absolute Gasteiger partial charge is 0.319 e. The van der Waals surface area contributed by atoms with Crippen LogP contribution in [0.1, 0.15) is 6.42 Å². The molecule has 0 aliphatic rings. The topological polar surface area (TPSA) is 86.5 Å². The van der Waals surface area contributed by atoms with Crippen molar-refractivity contribution in [2.24, 2.45) is 0 Å². The van der Waals surface area contributed by atoms with Crippen LogP contribution >= 0.6 is 23.2 Å². The molecule has 0 saturated carbocycles. The lowest BCUT2D eigenvalue weighted by molar-refractivity contribution is -0.384. The predicted molar refractivity (Wildman–Crippen MR) is 68.1 cm³/mol. The second-order valence-electron chi connectivity index (χ2n) is 3.31. The third-order valence-corrected chi connectivity index (χ3v) is 2.07. The van der Waals surface area contributed by atoms with Gasteiger partial charge >= 0.3 is 5.97 Å². The van der Waals surface area contributed by atoms with Crippen molar-refractivity contribution in [3.63, 3.8) is 0 Å². The standard InChI is InChI=1S/C11H7Cl2NO5/c12-10(13)5-8(15)6-11(16)19-9-3-1-2-7(4-9)14(17)18/h1-5H,6H2. The zero-order valence-corrected chi connectivity index (χ0v) is 10.9. The highest BCUT2D eigenvalue weighted by atomic mass is 35.5. The van der Waals surface area contributed by atoms with Crippen LogP contribution in [0.2, 0.25) is 0 Å². The first-order chi connectivity index (χ1) is 8.88. The van der Waals surface area contributed by atoms with Crippen molar-refractivity contribution in [1.82, 2.24) is 0 Å². The van der Waals surface area contributed by atoms with Gasteiger partial charge in [0.2, 0.25) is 0 Å².